The second kappa shape index (κ2) is 13.8. The fraction of sp³-hybridized carbons (Fsp3) is 1.00. The van der Waals surface area contributed by atoms with E-state index in [-0.39, 0.29) is 0 Å². The molecule has 4 nitrogen and oxygen atoms in total. The Morgan fingerprint density at radius 1 is 0.600 bits per heavy atom. The molecule has 0 aliphatic rings. The van der Waals surface area contributed by atoms with Crippen LogP contribution in [0.25, 0.3) is 0 Å². The standard InChI is InChI=1S/C16H38N4/c1-5-6-11-18(2)13-8-15-20(4)16-9-14-19(3)12-7-10-17/h5-17H2,1-4H3. The molecule has 0 aromatic carbocycles. The zero-order valence-electron chi connectivity index (χ0n) is 14.4. The van der Waals surface area contributed by atoms with E-state index in [9.17, 15) is 0 Å². The maximum atomic E-state index is 5.52. The molecule has 0 saturated carbocycles. The molecule has 0 unspecified atom stereocenters. The molecule has 122 valence electrons. The van der Waals surface area contributed by atoms with Gasteiger partial charge in [0.15, 0.2) is 0 Å². The monoisotopic (exact) mass is 286 g/mol. The Labute approximate surface area is 127 Å². The lowest BCUT2D eigenvalue weighted by molar-refractivity contribution is 0.256. The summed E-state index contributed by atoms with van der Waals surface area (Å²) in [5, 5.41) is 0. The molecule has 0 bridgehead atoms. The summed E-state index contributed by atoms with van der Waals surface area (Å²) in [5.74, 6) is 0. The molecular weight excluding hydrogens is 248 g/mol. The lowest BCUT2D eigenvalue weighted by Gasteiger charge is -2.21. The van der Waals surface area contributed by atoms with Crippen molar-refractivity contribution in [2.45, 2.75) is 39.0 Å². The molecule has 4 heteroatoms. The zero-order valence-corrected chi connectivity index (χ0v) is 14.4. The summed E-state index contributed by atoms with van der Waals surface area (Å²) in [5.41, 5.74) is 5.52. The van der Waals surface area contributed by atoms with Gasteiger partial charge in [-0.2, -0.15) is 0 Å². The van der Waals surface area contributed by atoms with Crippen molar-refractivity contribution in [3.8, 4) is 0 Å². The highest BCUT2D eigenvalue weighted by molar-refractivity contribution is 4.59. The average Bonchev–Trinajstić information content (AvgIpc) is 2.42. The number of nitrogens with two attached hydrogens (primary N) is 1. The van der Waals surface area contributed by atoms with E-state index in [1.54, 1.807) is 0 Å². The molecule has 2 N–H and O–H groups in total. The van der Waals surface area contributed by atoms with Crippen molar-refractivity contribution >= 4 is 0 Å². The van der Waals surface area contributed by atoms with E-state index in [4.69, 9.17) is 5.73 Å². The van der Waals surface area contributed by atoms with Gasteiger partial charge in [0.25, 0.3) is 0 Å². The van der Waals surface area contributed by atoms with Crippen molar-refractivity contribution in [2.75, 3.05) is 67.0 Å². The molecular formula is C16H38N4. The summed E-state index contributed by atoms with van der Waals surface area (Å²) < 4.78 is 0. The molecule has 0 aromatic rings. The van der Waals surface area contributed by atoms with Crippen LogP contribution in [-0.4, -0.2) is 81.7 Å². The number of rotatable bonds is 14. The van der Waals surface area contributed by atoms with Gasteiger partial charge in [0, 0.05) is 0 Å². The van der Waals surface area contributed by atoms with Gasteiger partial charge in [0.05, 0.1) is 0 Å². The third kappa shape index (κ3) is 12.9. The SMILES string of the molecule is CCCCN(C)CCCN(C)CCCN(C)CCCN. The van der Waals surface area contributed by atoms with Crippen LogP contribution in [-0.2, 0) is 0 Å². The predicted octanol–water partition coefficient (Wildman–Crippen LogP) is 1.71. The highest BCUT2D eigenvalue weighted by atomic mass is 15.1. The Morgan fingerprint density at radius 2 is 0.950 bits per heavy atom. The summed E-state index contributed by atoms with van der Waals surface area (Å²) in [6, 6.07) is 0. The first-order valence-corrected chi connectivity index (χ1v) is 8.35. The van der Waals surface area contributed by atoms with Crippen molar-refractivity contribution in [1.29, 1.82) is 0 Å². The highest BCUT2D eigenvalue weighted by Gasteiger charge is 2.02. The normalized spacial score (nSPS) is 12.0. The van der Waals surface area contributed by atoms with Gasteiger partial charge in [0.1, 0.15) is 0 Å². The summed E-state index contributed by atoms with van der Waals surface area (Å²) in [4.78, 5) is 7.31. The van der Waals surface area contributed by atoms with Crippen molar-refractivity contribution in [1.82, 2.24) is 14.7 Å². The summed E-state index contributed by atoms with van der Waals surface area (Å²) in [7, 11) is 6.67. The van der Waals surface area contributed by atoms with Crippen molar-refractivity contribution in [3.05, 3.63) is 0 Å². The summed E-state index contributed by atoms with van der Waals surface area (Å²) in [6.07, 6.45) is 6.25. The molecule has 0 radical (unpaired) electrons. The van der Waals surface area contributed by atoms with Crippen LogP contribution in [0.5, 0.6) is 0 Å². The van der Waals surface area contributed by atoms with E-state index in [1.807, 2.05) is 0 Å². The van der Waals surface area contributed by atoms with E-state index >= 15 is 0 Å². The molecule has 0 fully saturated rings. The molecule has 0 atom stereocenters. The van der Waals surface area contributed by atoms with E-state index in [1.165, 1.54) is 58.4 Å². The Hall–Kier alpha value is -0.160. The smallest absolute Gasteiger partial charge is 0.000959 e. The average molecular weight is 287 g/mol. The Bertz CT molecular complexity index is 179. The van der Waals surface area contributed by atoms with Gasteiger partial charge in [-0.25, -0.2) is 0 Å². The fourth-order valence-corrected chi connectivity index (χ4v) is 2.35. The second-order valence-corrected chi connectivity index (χ2v) is 6.11. The zero-order chi connectivity index (χ0) is 15.2. The van der Waals surface area contributed by atoms with E-state index < -0.39 is 0 Å². The third-order valence-corrected chi connectivity index (χ3v) is 3.80. The molecule has 0 aromatic heterocycles. The molecule has 0 rings (SSSR count). The fourth-order valence-electron chi connectivity index (χ4n) is 2.35. The second-order valence-electron chi connectivity index (χ2n) is 6.11. The van der Waals surface area contributed by atoms with Crippen molar-refractivity contribution in [2.24, 2.45) is 5.73 Å². The lowest BCUT2D eigenvalue weighted by Crippen LogP contribution is -2.29. The van der Waals surface area contributed by atoms with Crippen LogP contribution in [0.1, 0.15) is 39.0 Å². The third-order valence-electron chi connectivity index (χ3n) is 3.80. The number of hydrogen-bond acceptors (Lipinski definition) is 4. The summed E-state index contributed by atoms with van der Waals surface area (Å²) in [6.45, 7) is 10.2. The van der Waals surface area contributed by atoms with Crippen LogP contribution in [0.3, 0.4) is 0 Å². The first-order valence-electron chi connectivity index (χ1n) is 8.35. The minimum Gasteiger partial charge on any atom is -0.330 e. The Kier molecular flexibility index (Phi) is 13.7. The van der Waals surface area contributed by atoms with Crippen LogP contribution in [0.4, 0.5) is 0 Å². The van der Waals surface area contributed by atoms with E-state index in [0.717, 1.165) is 19.5 Å². The Balaban J connectivity index is 3.42. The van der Waals surface area contributed by atoms with Gasteiger partial charge in [-0.3, -0.25) is 0 Å². The van der Waals surface area contributed by atoms with Gasteiger partial charge in [-0.1, -0.05) is 13.3 Å². The molecule has 20 heavy (non-hydrogen) atoms. The lowest BCUT2D eigenvalue weighted by atomic mass is 10.3. The van der Waals surface area contributed by atoms with Gasteiger partial charge >= 0.3 is 0 Å². The number of hydrogen-bond donors (Lipinski definition) is 1. The van der Waals surface area contributed by atoms with E-state index in [2.05, 4.69) is 42.8 Å². The van der Waals surface area contributed by atoms with Gasteiger partial charge in [-0.15, -0.1) is 0 Å². The maximum absolute atomic E-state index is 5.52. The summed E-state index contributed by atoms with van der Waals surface area (Å²) >= 11 is 0. The molecule has 0 spiro atoms. The molecule has 0 saturated heterocycles. The van der Waals surface area contributed by atoms with Gasteiger partial charge in [0.2, 0.25) is 0 Å². The quantitative estimate of drug-likeness (QED) is 0.527. The van der Waals surface area contributed by atoms with Crippen LogP contribution in [0, 0.1) is 0 Å². The highest BCUT2D eigenvalue weighted by Crippen LogP contribution is 1.97. The van der Waals surface area contributed by atoms with Crippen LogP contribution < -0.4 is 5.73 Å². The molecule has 0 aliphatic heterocycles. The predicted molar refractivity (Wildman–Crippen MR) is 90.3 cm³/mol. The van der Waals surface area contributed by atoms with Crippen LogP contribution >= 0.6 is 0 Å². The molecule has 0 aliphatic carbocycles. The minimum atomic E-state index is 0.801. The molecule has 0 heterocycles. The van der Waals surface area contributed by atoms with Crippen LogP contribution in [0.2, 0.25) is 0 Å². The van der Waals surface area contributed by atoms with E-state index in [0.29, 0.717) is 0 Å². The number of unbranched alkanes of at least 4 members (excludes halogenated alkanes) is 1. The minimum absolute atomic E-state index is 0.801. The maximum Gasteiger partial charge on any atom is -0.000959 e. The first kappa shape index (κ1) is 19.8. The number of nitrogens with zero attached hydrogens (tertiary/aromatic N) is 3. The first-order chi connectivity index (χ1) is 9.60. The largest absolute Gasteiger partial charge is 0.330 e. The molecule has 0 amide bonds. The van der Waals surface area contributed by atoms with Crippen LogP contribution in [0.15, 0.2) is 0 Å². The van der Waals surface area contributed by atoms with Gasteiger partial charge in [-0.05, 0) is 92.6 Å². The Morgan fingerprint density at radius 3 is 1.30 bits per heavy atom. The topological polar surface area (TPSA) is 35.7 Å². The van der Waals surface area contributed by atoms with Crippen molar-refractivity contribution < 1.29 is 0 Å². The van der Waals surface area contributed by atoms with Crippen molar-refractivity contribution in [3.63, 3.8) is 0 Å². The van der Waals surface area contributed by atoms with Gasteiger partial charge < -0.3 is 20.4 Å².